The second kappa shape index (κ2) is 9.00. The monoisotopic (exact) mass is 331 g/mol. The molecule has 0 aromatic rings. The normalized spacial score (nSPS) is 20.6. The molecule has 0 saturated heterocycles. The van der Waals surface area contributed by atoms with Crippen LogP contribution in [0.25, 0.3) is 0 Å². The van der Waals surface area contributed by atoms with Gasteiger partial charge in [-0.15, -0.1) is 0 Å². The van der Waals surface area contributed by atoms with Crippen LogP contribution < -0.4 is 0 Å². The van der Waals surface area contributed by atoms with E-state index < -0.39 is 12.0 Å². The molecule has 0 saturated carbocycles. The fraction of sp³-hybridized carbons (Fsp3) is 0.619. The first kappa shape index (κ1) is 20.4. The molecule has 1 rings (SSSR count). The van der Waals surface area contributed by atoms with E-state index >= 15 is 0 Å². The summed E-state index contributed by atoms with van der Waals surface area (Å²) < 4.78 is 0. The van der Waals surface area contributed by atoms with Crippen molar-refractivity contribution >= 4 is 11.7 Å². The third kappa shape index (κ3) is 6.46. The van der Waals surface area contributed by atoms with Gasteiger partial charge in [-0.05, 0) is 70.8 Å². The summed E-state index contributed by atoms with van der Waals surface area (Å²) in [6, 6.07) is -0.654. The van der Waals surface area contributed by atoms with Gasteiger partial charge in [0.1, 0.15) is 6.04 Å². The van der Waals surface area contributed by atoms with Crippen molar-refractivity contribution in [2.24, 2.45) is 10.4 Å². The molecule has 0 spiro atoms. The number of carbonyl (C=O) groups is 1. The number of hydrogen-bond donors (Lipinski definition) is 1. The molecule has 0 aromatic heterocycles. The lowest BCUT2D eigenvalue weighted by molar-refractivity contribution is -0.137. The van der Waals surface area contributed by atoms with Crippen LogP contribution in [0.2, 0.25) is 0 Å². The van der Waals surface area contributed by atoms with Gasteiger partial charge >= 0.3 is 5.97 Å². The van der Waals surface area contributed by atoms with Crippen molar-refractivity contribution < 1.29 is 9.90 Å². The Bertz CT molecular complexity index is 577. The van der Waals surface area contributed by atoms with Crippen LogP contribution in [0.5, 0.6) is 0 Å². The lowest BCUT2D eigenvalue weighted by Gasteiger charge is -2.32. The molecule has 1 atom stereocenters. The summed E-state index contributed by atoms with van der Waals surface area (Å²) >= 11 is 0. The first-order valence-corrected chi connectivity index (χ1v) is 8.94. The van der Waals surface area contributed by atoms with Crippen LogP contribution in [0.4, 0.5) is 0 Å². The summed E-state index contributed by atoms with van der Waals surface area (Å²) in [6.45, 7) is 12.5. The molecule has 3 heteroatoms. The Morgan fingerprint density at radius 3 is 2.62 bits per heavy atom. The van der Waals surface area contributed by atoms with Gasteiger partial charge in [0.2, 0.25) is 0 Å². The summed E-state index contributed by atoms with van der Waals surface area (Å²) in [5, 5.41) is 8.87. The van der Waals surface area contributed by atoms with Crippen molar-refractivity contribution in [2.45, 2.75) is 79.7 Å². The van der Waals surface area contributed by atoms with Crippen LogP contribution in [0.3, 0.4) is 0 Å². The van der Waals surface area contributed by atoms with E-state index in [2.05, 4.69) is 50.9 Å². The Labute approximate surface area is 147 Å². The lowest BCUT2D eigenvalue weighted by Crippen LogP contribution is -2.19. The summed E-state index contributed by atoms with van der Waals surface area (Å²) in [6.07, 6.45) is 12.1. The van der Waals surface area contributed by atoms with E-state index in [0.717, 1.165) is 18.6 Å². The van der Waals surface area contributed by atoms with Crippen molar-refractivity contribution in [3.8, 4) is 0 Å². The minimum absolute atomic E-state index is 0.273. The molecule has 1 aliphatic carbocycles. The molecule has 0 heterocycles. The Hall–Kier alpha value is -1.64. The minimum Gasteiger partial charge on any atom is -0.480 e. The molecular formula is C21H33NO2. The highest BCUT2D eigenvalue weighted by molar-refractivity contribution is 5.85. The highest BCUT2D eigenvalue weighted by atomic mass is 16.4. The average molecular weight is 332 g/mol. The molecule has 0 unspecified atom stereocenters. The molecule has 0 fully saturated rings. The molecule has 0 aromatic carbocycles. The predicted octanol–water partition coefficient (Wildman–Crippen LogP) is 5.73. The molecule has 24 heavy (non-hydrogen) atoms. The van der Waals surface area contributed by atoms with Gasteiger partial charge in [0, 0.05) is 5.71 Å². The largest absolute Gasteiger partial charge is 0.480 e. The SMILES string of the molecule is CC(C=CC1=C(C)CCCC1(C)C)=CCCC(C)=N[C@@H](C)C(=O)O. The number of hydrogen-bond acceptors (Lipinski definition) is 2. The van der Waals surface area contributed by atoms with Crippen LogP contribution in [0.1, 0.15) is 73.6 Å². The number of aliphatic carboxylic acids is 1. The standard InChI is InChI=1S/C21H33NO2/c1-15(9-7-11-17(3)22-18(4)20(23)24)12-13-19-16(2)10-8-14-21(19,5)6/h9,12-13,18H,7-8,10-11,14H2,1-6H3,(H,23,24)/t18-/m0/s1. The van der Waals surface area contributed by atoms with Gasteiger partial charge in [0.25, 0.3) is 0 Å². The molecule has 0 radical (unpaired) electrons. The predicted molar refractivity (Wildman–Crippen MR) is 103 cm³/mol. The van der Waals surface area contributed by atoms with E-state index in [4.69, 9.17) is 5.11 Å². The quantitative estimate of drug-likeness (QED) is 0.478. The Kier molecular flexibility index (Phi) is 7.65. The topological polar surface area (TPSA) is 49.7 Å². The number of carboxylic acid groups (broad SMARTS) is 1. The van der Waals surface area contributed by atoms with Gasteiger partial charge in [-0.3, -0.25) is 4.99 Å². The first-order valence-electron chi connectivity index (χ1n) is 8.94. The van der Waals surface area contributed by atoms with Crippen LogP contribution in [0, 0.1) is 5.41 Å². The molecule has 1 aliphatic rings. The molecule has 0 bridgehead atoms. The van der Waals surface area contributed by atoms with E-state index in [9.17, 15) is 4.79 Å². The zero-order valence-corrected chi connectivity index (χ0v) is 16.1. The van der Waals surface area contributed by atoms with Crippen LogP contribution >= 0.6 is 0 Å². The van der Waals surface area contributed by atoms with Crippen molar-refractivity contribution in [3.63, 3.8) is 0 Å². The minimum atomic E-state index is -0.872. The van der Waals surface area contributed by atoms with Crippen LogP contribution in [-0.4, -0.2) is 22.8 Å². The zero-order valence-electron chi connectivity index (χ0n) is 16.1. The highest BCUT2D eigenvalue weighted by Crippen LogP contribution is 2.40. The van der Waals surface area contributed by atoms with Crippen LogP contribution in [0.15, 0.2) is 39.9 Å². The lowest BCUT2D eigenvalue weighted by atomic mass is 9.72. The molecule has 0 aliphatic heterocycles. The second-order valence-corrected chi connectivity index (χ2v) is 7.63. The van der Waals surface area contributed by atoms with E-state index in [1.807, 2.05) is 6.92 Å². The average Bonchev–Trinajstić information content (AvgIpc) is 2.45. The first-order chi connectivity index (χ1) is 11.1. The maximum absolute atomic E-state index is 10.8. The fourth-order valence-corrected chi connectivity index (χ4v) is 3.25. The second-order valence-electron chi connectivity index (χ2n) is 7.63. The van der Waals surface area contributed by atoms with Gasteiger partial charge in [0.15, 0.2) is 0 Å². The third-order valence-corrected chi connectivity index (χ3v) is 4.80. The summed E-state index contributed by atoms with van der Waals surface area (Å²) in [4.78, 5) is 15.0. The number of allylic oxidation sites excluding steroid dienone is 6. The fourth-order valence-electron chi connectivity index (χ4n) is 3.25. The number of aliphatic imine (C=N–C) groups is 1. The molecule has 134 valence electrons. The summed E-state index contributed by atoms with van der Waals surface area (Å²) in [5.41, 5.74) is 5.41. The summed E-state index contributed by atoms with van der Waals surface area (Å²) in [7, 11) is 0. The van der Waals surface area contributed by atoms with Crippen LogP contribution in [-0.2, 0) is 4.79 Å². The molecule has 1 N–H and O–H groups in total. The highest BCUT2D eigenvalue weighted by Gasteiger charge is 2.26. The Morgan fingerprint density at radius 1 is 1.38 bits per heavy atom. The van der Waals surface area contributed by atoms with Gasteiger partial charge < -0.3 is 5.11 Å². The zero-order chi connectivity index (χ0) is 18.3. The molecule has 0 amide bonds. The van der Waals surface area contributed by atoms with E-state index in [1.54, 1.807) is 6.92 Å². The summed E-state index contributed by atoms with van der Waals surface area (Å²) in [5.74, 6) is -0.872. The van der Waals surface area contributed by atoms with Gasteiger partial charge in [-0.1, -0.05) is 43.2 Å². The van der Waals surface area contributed by atoms with E-state index in [0.29, 0.717) is 0 Å². The van der Waals surface area contributed by atoms with Gasteiger partial charge in [-0.25, -0.2) is 4.79 Å². The van der Waals surface area contributed by atoms with Crippen molar-refractivity contribution in [1.82, 2.24) is 0 Å². The molecular weight excluding hydrogens is 298 g/mol. The Balaban J connectivity index is 2.63. The van der Waals surface area contributed by atoms with Crippen molar-refractivity contribution in [3.05, 3.63) is 34.9 Å². The number of nitrogens with zero attached hydrogens (tertiary/aromatic N) is 1. The maximum Gasteiger partial charge on any atom is 0.328 e. The van der Waals surface area contributed by atoms with E-state index in [1.165, 1.54) is 36.0 Å². The number of carboxylic acids is 1. The third-order valence-electron chi connectivity index (χ3n) is 4.80. The van der Waals surface area contributed by atoms with E-state index in [-0.39, 0.29) is 5.41 Å². The molecule has 3 nitrogen and oxygen atoms in total. The maximum atomic E-state index is 10.8. The Morgan fingerprint density at radius 2 is 2.04 bits per heavy atom. The van der Waals surface area contributed by atoms with Gasteiger partial charge in [0.05, 0.1) is 0 Å². The van der Waals surface area contributed by atoms with Gasteiger partial charge in [-0.2, -0.15) is 0 Å². The smallest absolute Gasteiger partial charge is 0.328 e. The van der Waals surface area contributed by atoms with Crippen molar-refractivity contribution in [2.75, 3.05) is 0 Å². The van der Waals surface area contributed by atoms with Crippen molar-refractivity contribution in [1.29, 1.82) is 0 Å². The number of rotatable bonds is 7.